The number of carbonyl (C=O) groups is 1. The number of carbonyl (C=O) groups excluding carboxylic acids is 1. The maximum Gasteiger partial charge on any atom is 0.233 e. The Hall–Kier alpha value is -1.34. The number of hydrogen-bond donors (Lipinski definition) is 1. The second-order valence-electron chi connectivity index (χ2n) is 13.7. The zero-order chi connectivity index (χ0) is 33.3. The van der Waals surface area contributed by atoms with E-state index < -0.39 is 15.9 Å². The van der Waals surface area contributed by atoms with Crippen molar-refractivity contribution < 1.29 is 41.6 Å². The van der Waals surface area contributed by atoms with Gasteiger partial charge in [-0.3, -0.25) is 9.52 Å². The molecule has 0 bridgehead atoms. The summed E-state index contributed by atoms with van der Waals surface area (Å²) < 4.78 is 62.7. The fourth-order valence-electron chi connectivity index (χ4n) is 7.07. The van der Waals surface area contributed by atoms with E-state index in [1.807, 2.05) is 4.72 Å². The molecule has 0 aromatic carbocycles. The molecule has 3 saturated heterocycles. The third-order valence-corrected chi connectivity index (χ3v) is 10.1. The summed E-state index contributed by atoms with van der Waals surface area (Å²) in [5.41, 5.74) is 0. The standard InChI is InChI=1S/C36H61NO9S/c1-3-4-7-16-28(44-34-19-10-13-24-41-34)22-23-30-29(17-8-5-6-9-18-33(38)37-47(2,39)40)31(45-35-20-11-14-25-42-35)27-32(30)46-36-21-12-15-26-43-36/h5,8,22-23,28-32,34-36H,3-4,6-7,9-21,24-27H2,1-2H3,(H,37,38)/b8-5-,23-22+/t28-,29+,30+,31-,32+,34?,35?,36?/m0/s1. The lowest BCUT2D eigenvalue weighted by atomic mass is 9.89. The highest BCUT2D eigenvalue weighted by atomic mass is 32.2. The molecule has 3 unspecified atom stereocenters. The van der Waals surface area contributed by atoms with Crippen LogP contribution in [0.2, 0.25) is 0 Å². The predicted octanol–water partition coefficient (Wildman–Crippen LogP) is 6.69. The fraction of sp³-hybridized carbons (Fsp3) is 0.861. The van der Waals surface area contributed by atoms with Gasteiger partial charge in [0.1, 0.15) is 0 Å². The van der Waals surface area contributed by atoms with E-state index in [0.717, 1.165) is 116 Å². The summed E-state index contributed by atoms with van der Waals surface area (Å²) >= 11 is 0. The third-order valence-electron chi connectivity index (χ3n) is 9.55. The van der Waals surface area contributed by atoms with Gasteiger partial charge in [0, 0.05) is 38.6 Å². The van der Waals surface area contributed by atoms with E-state index in [-0.39, 0.29) is 55.4 Å². The van der Waals surface area contributed by atoms with Crippen LogP contribution in [0, 0.1) is 11.8 Å². The van der Waals surface area contributed by atoms with Crippen molar-refractivity contribution in [3.05, 3.63) is 24.3 Å². The molecule has 4 aliphatic rings. The first-order chi connectivity index (χ1) is 22.8. The van der Waals surface area contributed by atoms with Crippen LogP contribution >= 0.6 is 0 Å². The Morgan fingerprint density at radius 2 is 1.49 bits per heavy atom. The molecule has 47 heavy (non-hydrogen) atoms. The molecular formula is C36H61NO9S. The first-order valence-corrected chi connectivity index (χ1v) is 20.3. The number of allylic oxidation sites excluding steroid dienone is 2. The minimum absolute atomic E-state index is 0.0212. The Morgan fingerprint density at radius 1 is 0.851 bits per heavy atom. The number of rotatable bonds is 19. The molecule has 1 amide bonds. The number of sulfonamides is 1. The minimum atomic E-state index is -3.53. The molecule has 10 nitrogen and oxygen atoms in total. The molecule has 0 aromatic heterocycles. The van der Waals surface area contributed by atoms with Crippen molar-refractivity contribution >= 4 is 15.9 Å². The molecule has 3 heterocycles. The normalized spacial score (nSPS) is 31.4. The maximum atomic E-state index is 11.9. The molecule has 1 saturated carbocycles. The quantitative estimate of drug-likeness (QED) is 0.117. The van der Waals surface area contributed by atoms with Crippen LogP contribution in [-0.2, 0) is 43.2 Å². The molecule has 4 rings (SSSR count). The van der Waals surface area contributed by atoms with Gasteiger partial charge >= 0.3 is 0 Å². The van der Waals surface area contributed by atoms with Crippen LogP contribution in [-0.4, -0.2) is 77.6 Å². The van der Waals surface area contributed by atoms with Crippen LogP contribution in [0.3, 0.4) is 0 Å². The molecule has 3 aliphatic heterocycles. The maximum absolute atomic E-state index is 11.9. The second kappa shape index (κ2) is 21.0. The van der Waals surface area contributed by atoms with Gasteiger partial charge in [0.15, 0.2) is 18.9 Å². The topological polar surface area (TPSA) is 119 Å². The van der Waals surface area contributed by atoms with Gasteiger partial charge in [-0.1, -0.05) is 50.5 Å². The molecule has 8 atom stereocenters. The SMILES string of the molecule is CCCCC[C@@H](/C=C/[C@@H]1[C@@H](C/C=C\CCCC(=O)NS(C)(=O)=O)[C@@H](OC2CCCCO2)C[C@H]1OC1CCCCO1)OC1CCCCO1. The first-order valence-electron chi connectivity index (χ1n) is 18.5. The molecule has 0 spiro atoms. The average Bonchev–Trinajstić information content (AvgIpc) is 3.36. The minimum Gasteiger partial charge on any atom is -0.353 e. The highest BCUT2D eigenvalue weighted by Gasteiger charge is 2.45. The third kappa shape index (κ3) is 14.6. The van der Waals surface area contributed by atoms with Gasteiger partial charge in [0.05, 0.1) is 24.6 Å². The zero-order valence-corrected chi connectivity index (χ0v) is 29.7. The number of hydrogen-bond acceptors (Lipinski definition) is 9. The fourth-order valence-corrected chi connectivity index (χ4v) is 7.59. The van der Waals surface area contributed by atoms with Crippen molar-refractivity contribution in [2.75, 3.05) is 26.1 Å². The van der Waals surface area contributed by atoms with Gasteiger partial charge in [0.2, 0.25) is 15.9 Å². The lowest BCUT2D eigenvalue weighted by Crippen LogP contribution is -2.31. The summed E-state index contributed by atoms with van der Waals surface area (Å²) in [4.78, 5) is 11.9. The molecule has 0 radical (unpaired) electrons. The Bertz CT molecular complexity index is 1050. The van der Waals surface area contributed by atoms with Gasteiger partial charge in [-0.2, -0.15) is 0 Å². The van der Waals surface area contributed by atoms with Crippen molar-refractivity contribution in [2.24, 2.45) is 11.8 Å². The van der Waals surface area contributed by atoms with Crippen LogP contribution in [0.4, 0.5) is 0 Å². The van der Waals surface area contributed by atoms with Gasteiger partial charge in [0.25, 0.3) is 0 Å². The number of nitrogens with one attached hydrogen (secondary N) is 1. The molecule has 11 heteroatoms. The molecule has 1 N–H and O–H groups in total. The van der Waals surface area contributed by atoms with Crippen LogP contribution in [0.15, 0.2) is 24.3 Å². The van der Waals surface area contributed by atoms with E-state index in [4.69, 9.17) is 28.4 Å². The molecule has 0 aromatic rings. The second-order valence-corrected chi connectivity index (χ2v) is 15.4. The number of ether oxygens (including phenoxy) is 6. The largest absolute Gasteiger partial charge is 0.353 e. The summed E-state index contributed by atoms with van der Waals surface area (Å²) in [5, 5.41) is 0. The van der Waals surface area contributed by atoms with E-state index in [1.54, 1.807) is 0 Å². The van der Waals surface area contributed by atoms with Gasteiger partial charge in [-0.25, -0.2) is 8.42 Å². The average molecular weight is 684 g/mol. The molecule has 1 aliphatic carbocycles. The van der Waals surface area contributed by atoms with Crippen LogP contribution < -0.4 is 4.72 Å². The summed E-state index contributed by atoms with van der Waals surface area (Å²) in [7, 11) is -3.53. The van der Waals surface area contributed by atoms with E-state index >= 15 is 0 Å². The van der Waals surface area contributed by atoms with Crippen LogP contribution in [0.5, 0.6) is 0 Å². The lowest BCUT2D eigenvalue weighted by Gasteiger charge is -2.30. The van der Waals surface area contributed by atoms with Crippen molar-refractivity contribution in [2.45, 2.75) is 160 Å². The van der Waals surface area contributed by atoms with Gasteiger partial charge < -0.3 is 28.4 Å². The molecule has 270 valence electrons. The van der Waals surface area contributed by atoms with Crippen LogP contribution in [0.25, 0.3) is 0 Å². The lowest BCUT2D eigenvalue weighted by molar-refractivity contribution is -0.203. The van der Waals surface area contributed by atoms with Crippen LogP contribution in [0.1, 0.15) is 122 Å². The summed E-state index contributed by atoms with van der Waals surface area (Å²) in [6.45, 7) is 4.45. The van der Waals surface area contributed by atoms with E-state index in [9.17, 15) is 13.2 Å². The Balaban J connectivity index is 1.48. The monoisotopic (exact) mass is 683 g/mol. The number of unbranched alkanes of at least 4 members (excludes halogenated alkanes) is 3. The smallest absolute Gasteiger partial charge is 0.233 e. The Kier molecular flexibility index (Phi) is 17.2. The summed E-state index contributed by atoms with van der Waals surface area (Å²) in [6, 6.07) is 0. The summed E-state index contributed by atoms with van der Waals surface area (Å²) in [5.74, 6) is -0.205. The van der Waals surface area contributed by atoms with E-state index in [1.165, 1.54) is 6.42 Å². The van der Waals surface area contributed by atoms with Crippen molar-refractivity contribution in [3.8, 4) is 0 Å². The Morgan fingerprint density at radius 3 is 2.09 bits per heavy atom. The van der Waals surface area contributed by atoms with E-state index in [0.29, 0.717) is 12.8 Å². The van der Waals surface area contributed by atoms with Gasteiger partial charge in [-0.05, 0) is 89.4 Å². The molecular weight excluding hydrogens is 622 g/mol. The summed E-state index contributed by atoms with van der Waals surface area (Å²) in [6.07, 6.45) is 25.9. The van der Waals surface area contributed by atoms with E-state index in [2.05, 4.69) is 31.2 Å². The zero-order valence-electron chi connectivity index (χ0n) is 28.9. The highest BCUT2D eigenvalue weighted by Crippen LogP contribution is 2.42. The van der Waals surface area contributed by atoms with Crippen molar-refractivity contribution in [1.82, 2.24) is 4.72 Å². The van der Waals surface area contributed by atoms with Gasteiger partial charge in [-0.15, -0.1) is 0 Å². The van der Waals surface area contributed by atoms with Crippen molar-refractivity contribution in [1.29, 1.82) is 0 Å². The molecule has 4 fully saturated rings. The van der Waals surface area contributed by atoms with Crippen molar-refractivity contribution in [3.63, 3.8) is 0 Å². The predicted molar refractivity (Wildman–Crippen MR) is 181 cm³/mol. The highest BCUT2D eigenvalue weighted by molar-refractivity contribution is 7.89. The Labute approximate surface area is 283 Å². The first kappa shape index (κ1) is 38.5. The number of amides is 1.